The second-order valence-electron chi connectivity index (χ2n) is 7.82. The fraction of sp³-hybridized carbons (Fsp3) is 0.500. The van der Waals surface area contributed by atoms with Crippen LogP contribution < -0.4 is 4.74 Å². The number of nitrogens with zero attached hydrogens (tertiary/aromatic N) is 2. The third-order valence-electron chi connectivity index (χ3n) is 6.17. The first kappa shape index (κ1) is 22.1. The quantitative estimate of drug-likeness (QED) is 0.472. The molecule has 2 heterocycles. The second kappa shape index (κ2) is 9.94. The number of aromatic nitrogens is 1. The molecule has 4 atom stereocenters. The van der Waals surface area contributed by atoms with Crippen LogP contribution in [-0.2, 0) is 9.47 Å². The van der Waals surface area contributed by atoms with Crippen molar-refractivity contribution in [1.82, 2.24) is 9.88 Å². The monoisotopic (exact) mass is 412 g/mol. The minimum atomic E-state index is -0.650. The molecule has 1 saturated heterocycles. The van der Waals surface area contributed by atoms with Crippen LogP contribution in [0.4, 0.5) is 4.79 Å². The highest BCUT2D eigenvalue weighted by molar-refractivity contribution is 5.84. The van der Waals surface area contributed by atoms with Gasteiger partial charge in [0, 0.05) is 23.7 Å². The highest BCUT2D eigenvalue weighted by atomic mass is 16.7. The van der Waals surface area contributed by atoms with Gasteiger partial charge in [0.15, 0.2) is 0 Å². The average molecular weight is 413 g/mol. The van der Waals surface area contributed by atoms with Gasteiger partial charge < -0.3 is 14.2 Å². The molecule has 162 valence electrons. The zero-order valence-electron chi connectivity index (χ0n) is 18.3. The Bertz CT molecular complexity index is 885. The van der Waals surface area contributed by atoms with E-state index in [1.54, 1.807) is 20.2 Å². The zero-order valence-corrected chi connectivity index (χ0v) is 18.3. The van der Waals surface area contributed by atoms with E-state index in [9.17, 15) is 4.79 Å². The maximum Gasteiger partial charge on any atom is 0.508 e. The van der Waals surface area contributed by atoms with Crippen molar-refractivity contribution in [2.24, 2.45) is 11.8 Å². The van der Waals surface area contributed by atoms with Gasteiger partial charge in [0.05, 0.1) is 25.3 Å². The van der Waals surface area contributed by atoms with Gasteiger partial charge in [-0.2, -0.15) is 0 Å². The summed E-state index contributed by atoms with van der Waals surface area (Å²) >= 11 is 0. The van der Waals surface area contributed by atoms with Crippen LogP contribution in [0.1, 0.15) is 38.4 Å². The predicted molar refractivity (Wildman–Crippen MR) is 118 cm³/mol. The zero-order chi connectivity index (χ0) is 21.7. The molecule has 2 aromatic rings. The molecule has 30 heavy (non-hydrogen) atoms. The Kier molecular flexibility index (Phi) is 7.32. The third-order valence-corrected chi connectivity index (χ3v) is 6.17. The number of pyridine rings is 1. The van der Waals surface area contributed by atoms with E-state index in [2.05, 4.69) is 36.5 Å². The van der Waals surface area contributed by atoms with E-state index in [4.69, 9.17) is 14.2 Å². The SMILES string of the molecule is C=C[C@H]1CN(C)C([C@H](OC(=O)OCC)c2ccnc3ccc(OC)cc23)C[C@@H]1CC. The lowest BCUT2D eigenvalue weighted by molar-refractivity contribution is -0.0330. The number of rotatable bonds is 7. The summed E-state index contributed by atoms with van der Waals surface area (Å²) in [6.45, 7) is 9.15. The molecule has 0 aliphatic carbocycles. The Labute approximate surface area is 178 Å². The molecule has 0 spiro atoms. The molecule has 1 aliphatic heterocycles. The van der Waals surface area contributed by atoms with E-state index in [1.165, 1.54) is 0 Å². The van der Waals surface area contributed by atoms with Crippen molar-refractivity contribution in [3.8, 4) is 5.75 Å². The molecule has 6 heteroatoms. The minimum Gasteiger partial charge on any atom is -0.497 e. The van der Waals surface area contributed by atoms with Crippen LogP contribution in [0.3, 0.4) is 0 Å². The first-order valence-electron chi connectivity index (χ1n) is 10.6. The summed E-state index contributed by atoms with van der Waals surface area (Å²) in [6.07, 6.45) is 4.64. The van der Waals surface area contributed by atoms with Gasteiger partial charge in [0.1, 0.15) is 11.9 Å². The first-order chi connectivity index (χ1) is 14.5. The van der Waals surface area contributed by atoms with Crippen molar-refractivity contribution >= 4 is 17.1 Å². The standard InChI is InChI=1S/C24H32N2O4/c1-6-16-13-22(26(4)15-17(16)7-2)23(30-24(27)29-8-3)19-11-12-25-21-10-9-18(28-5)14-20(19)21/h7,9-12,14,16-17,22-23H,2,6,8,13,15H2,1,3-5H3/t16-,17-,22?,23+/m0/s1. The number of piperidine rings is 1. The smallest absolute Gasteiger partial charge is 0.497 e. The van der Waals surface area contributed by atoms with Gasteiger partial charge in [-0.1, -0.05) is 19.4 Å². The fourth-order valence-corrected chi connectivity index (χ4v) is 4.50. The van der Waals surface area contributed by atoms with Gasteiger partial charge in [-0.25, -0.2) is 4.79 Å². The molecule has 0 saturated carbocycles. The number of likely N-dealkylation sites (tertiary alicyclic amines) is 1. The van der Waals surface area contributed by atoms with Gasteiger partial charge in [0.2, 0.25) is 0 Å². The minimum absolute atomic E-state index is 0.0207. The third kappa shape index (κ3) is 4.59. The summed E-state index contributed by atoms with van der Waals surface area (Å²) in [7, 11) is 3.72. The number of likely N-dealkylation sites (N-methyl/N-ethyl adjacent to an activating group) is 1. The summed E-state index contributed by atoms with van der Waals surface area (Å²) in [5.41, 5.74) is 1.75. The molecular weight excluding hydrogens is 380 g/mol. The summed E-state index contributed by atoms with van der Waals surface area (Å²) in [5.74, 6) is 1.65. The number of fused-ring (bicyclic) bond motifs is 1. The van der Waals surface area contributed by atoms with Crippen LogP contribution in [0.2, 0.25) is 0 Å². The van der Waals surface area contributed by atoms with Crippen molar-refractivity contribution in [2.75, 3.05) is 27.3 Å². The summed E-state index contributed by atoms with van der Waals surface area (Å²) in [6, 6.07) is 7.71. The lowest BCUT2D eigenvalue weighted by Crippen LogP contribution is -2.48. The fourth-order valence-electron chi connectivity index (χ4n) is 4.50. The van der Waals surface area contributed by atoms with E-state index in [0.29, 0.717) is 11.8 Å². The lowest BCUT2D eigenvalue weighted by Gasteiger charge is -2.44. The van der Waals surface area contributed by atoms with Crippen LogP contribution in [0, 0.1) is 11.8 Å². The molecule has 1 aromatic carbocycles. The molecule has 1 fully saturated rings. The Morgan fingerprint density at radius 2 is 2.17 bits per heavy atom. The maximum atomic E-state index is 12.4. The molecule has 0 N–H and O–H groups in total. The average Bonchev–Trinajstić information content (AvgIpc) is 2.77. The summed E-state index contributed by atoms with van der Waals surface area (Å²) < 4.78 is 16.5. The summed E-state index contributed by atoms with van der Waals surface area (Å²) in [4.78, 5) is 19.1. The molecule has 0 radical (unpaired) electrons. The van der Waals surface area contributed by atoms with Crippen LogP contribution in [0.5, 0.6) is 5.75 Å². The Hall–Kier alpha value is -2.60. The second-order valence-corrected chi connectivity index (χ2v) is 7.82. The molecule has 6 nitrogen and oxygen atoms in total. The number of methoxy groups -OCH3 is 1. The molecule has 1 aliphatic rings. The number of hydrogen-bond acceptors (Lipinski definition) is 6. The highest BCUT2D eigenvalue weighted by Gasteiger charge is 2.39. The van der Waals surface area contributed by atoms with Crippen LogP contribution in [-0.4, -0.2) is 49.4 Å². The largest absolute Gasteiger partial charge is 0.508 e. The lowest BCUT2D eigenvalue weighted by atomic mass is 9.78. The van der Waals surface area contributed by atoms with Crippen molar-refractivity contribution in [3.05, 3.63) is 48.7 Å². The Morgan fingerprint density at radius 1 is 1.37 bits per heavy atom. The topological polar surface area (TPSA) is 60.9 Å². The molecule has 0 amide bonds. The van der Waals surface area contributed by atoms with Crippen molar-refractivity contribution in [2.45, 2.75) is 38.8 Å². The maximum absolute atomic E-state index is 12.4. The van der Waals surface area contributed by atoms with E-state index in [-0.39, 0.29) is 12.6 Å². The highest BCUT2D eigenvalue weighted by Crippen LogP contribution is 2.39. The predicted octanol–water partition coefficient (Wildman–Crippen LogP) is 4.99. The number of carbonyl (C=O) groups excluding carboxylic acids is 1. The van der Waals surface area contributed by atoms with Crippen molar-refractivity contribution in [1.29, 1.82) is 0 Å². The van der Waals surface area contributed by atoms with E-state index in [0.717, 1.165) is 41.6 Å². The normalized spacial score (nSPS) is 23.0. The van der Waals surface area contributed by atoms with Gasteiger partial charge in [-0.3, -0.25) is 9.88 Å². The molecule has 1 aromatic heterocycles. The van der Waals surface area contributed by atoms with Gasteiger partial charge in [-0.15, -0.1) is 6.58 Å². The number of hydrogen-bond donors (Lipinski definition) is 0. The number of benzene rings is 1. The van der Waals surface area contributed by atoms with Gasteiger partial charge >= 0.3 is 6.16 Å². The van der Waals surface area contributed by atoms with Crippen LogP contribution in [0.25, 0.3) is 10.9 Å². The molecule has 1 unspecified atom stereocenters. The van der Waals surface area contributed by atoms with E-state index in [1.807, 2.05) is 24.3 Å². The van der Waals surface area contributed by atoms with E-state index < -0.39 is 12.3 Å². The van der Waals surface area contributed by atoms with Gasteiger partial charge in [0.25, 0.3) is 0 Å². The number of ether oxygens (including phenoxy) is 3. The Morgan fingerprint density at radius 3 is 2.83 bits per heavy atom. The first-order valence-corrected chi connectivity index (χ1v) is 10.6. The van der Waals surface area contributed by atoms with Crippen LogP contribution >= 0.6 is 0 Å². The van der Waals surface area contributed by atoms with Crippen molar-refractivity contribution in [3.63, 3.8) is 0 Å². The van der Waals surface area contributed by atoms with Crippen LogP contribution in [0.15, 0.2) is 43.1 Å². The van der Waals surface area contributed by atoms with Crippen molar-refractivity contribution < 1.29 is 19.0 Å². The molecule has 0 bridgehead atoms. The Balaban J connectivity index is 2.06. The summed E-state index contributed by atoms with van der Waals surface area (Å²) in [5, 5.41) is 0.915. The molecule has 3 rings (SSSR count). The number of carbonyl (C=O) groups is 1. The van der Waals surface area contributed by atoms with E-state index >= 15 is 0 Å². The van der Waals surface area contributed by atoms with Gasteiger partial charge in [-0.05, 0) is 56.5 Å². The molecular formula is C24H32N2O4.